The fourth-order valence-electron chi connectivity index (χ4n) is 9.10. The lowest BCUT2D eigenvalue weighted by Gasteiger charge is -2.20. The molecule has 0 saturated heterocycles. The van der Waals surface area contributed by atoms with Crippen molar-refractivity contribution in [3.8, 4) is 0 Å². The molecular formula is C61H115NO5. The Morgan fingerprint density at radius 2 is 0.731 bits per heavy atom. The van der Waals surface area contributed by atoms with Crippen LogP contribution in [0.1, 0.15) is 316 Å². The molecule has 0 aromatic heterocycles. The van der Waals surface area contributed by atoms with Crippen LogP contribution in [0.3, 0.4) is 0 Å². The number of unbranched alkanes of at least 4 members (excludes halogenated alkanes) is 41. The second-order valence-corrected chi connectivity index (χ2v) is 20.4. The van der Waals surface area contributed by atoms with Crippen molar-refractivity contribution < 1.29 is 24.5 Å². The second kappa shape index (κ2) is 56.7. The van der Waals surface area contributed by atoms with E-state index in [1.54, 1.807) is 6.08 Å². The van der Waals surface area contributed by atoms with E-state index in [9.17, 15) is 19.8 Å². The molecule has 67 heavy (non-hydrogen) atoms. The zero-order valence-electron chi connectivity index (χ0n) is 44.9. The van der Waals surface area contributed by atoms with Crippen LogP contribution < -0.4 is 5.32 Å². The van der Waals surface area contributed by atoms with E-state index in [-0.39, 0.29) is 18.5 Å². The first kappa shape index (κ1) is 65.1. The molecule has 0 aliphatic rings. The van der Waals surface area contributed by atoms with Crippen molar-refractivity contribution >= 4 is 11.9 Å². The minimum Gasteiger partial charge on any atom is -0.466 e. The molecule has 0 bridgehead atoms. The maximum atomic E-state index is 12.5. The SMILES string of the molecule is CCCCCCCCCCCCCCCCCC/C=C/C(O)C(CO)NC(=O)CCCCCCCC/C=C\C=C/CCCCCOC(=O)CCCCCCCCCCCCCCCCCCC. The monoisotopic (exact) mass is 942 g/mol. The van der Waals surface area contributed by atoms with Gasteiger partial charge in [0, 0.05) is 12.8 Å². The van der Waals surface area contributed by atoms with E-state index in [4.69, 9.17) is 4.74 Å². The normalized spacial score (nSPS) is 12.8. The number of aliphatic hydroxyl groups is 2. The van der Waals surface area contributed by atoms with Gasteiger partial charge in [-0.3, -0.25) is 9.59 Å². The van der Waals surface area contributed by atoms with Crippen LogP contribution in [0, 0.1) is 0 Å². The number of carbonyl (C=O) groups excluding carboxylic acids is 2. The molecule has 6 nitrogen and oxygen atoms in total. The van der Waals surface area contributed by atoms with Crippen molar-refractivity contribution in [2.45, 2.75) is 328 Å². The largest absolute Gasteiger partial charge is 0.466 e. The van der Waals surface area contributed by atoms with Crippen molar-refractivity contribution in [2.75, 3.05) is 13.2 Å². The number of rotatable bonds is 55. The third-order valence-electron chi connectivity index (χ3n) is 13.7. The van der Waals surface area contributed by atoms with Crippen LogP contribution in [0.15, 0.2) is 36.5 Å². The number of aliphatic hydroxyl groups excluding tert-OH is 2. The number of amides is 1. The molecule has 0 rings (SSSR count). The van der Waals surface area contributed by atoms with Gasteiger partial charge in [0.2, 0.25) is 5.91 Å². The second-order valence-electron chi connectivity index (χ2n) is 20.4. The van der Waals surface area contributed by atoms with Gasteiger partial charge in [-0.15, -0.1) is 0 Å². The Morgan fingerprint density at radius 1 is 0.418 bits per heavy atom. The smallest absolute Gasteiger partial charge is 0.305 e. The van der Waals surface area contributed by atoms with Crippen LogP contribution in [0.5, 0.6) is 0 Å². The molecule has 0 aromatic carbocycles. The standard InChI is InChI=1S/C61H115NO5/c1-3-5-7-9-11-13-15-17-19-21-23-25-29-33-37-41-45-49-53-59(64)58(57-63)62-60(65)54-50-46-42-38-34-30-26-24-28-32-36-40-44-48-52-56-67-61(66)55-51-47-43-39-35-31-27-22-20-18-16-14-12-10-8-6-4-2/h24,28,32,36,49,53,58-59,63-64H,3-23,25-27,29-31,33-35,37-48,50-52,54-57H2,1-2H3,(H,62,65)/b28-24-,36-32-,53-49+. The molecular weight excluding hydrogens is 827 g/mol. The molecule has 0 radical (unpaired) electrons. The highest BCUT2D eigenvalue weighted by Gasteiger charge is 2.18. The molecule has 394 valence electrons. The third-order valence-corrected chi connectivity index (χ3v) is 13.7. The van der Waals surface area contributed by atoms with Crippen LogP contribution in [0.25, 0.3) is 0 Å². The zero-order chi connectivity index (χ0) is 48.6. The summed E-state index contributed by atoms with van der Waals surface area (Å²) in [5.74, 6) is -0.108. The van der Waals surface area contributed by atoms with Gasteiger partial charge in [0.1, 0.15) is 0 Å². The van der Waals surface area contributed by atoms with Gasteiger partial charge in [-0.05, 0) is 64.2 Å². The summed E-state index contributed by atoms with van der Waals surface area (Å²) in [6.07, 6.45) is 70.3. The van der Waals surface area contributed by atoms with Crippen molar-refractivity contribution in [1.29, 1.82) is 0 Å². The summed E-state index contributed by atoms with van der Waals surface area (Å²) in [6.45, 7) is 4.87. The third kappa shape index (κ3) is 53.3. The number of hydrogen-bond donors (Lipinski definition) is 3. The maximum absolute atomic E-state index is 12.5. The van der Waals surface area contributed by atoms with E-state index in [2.05, 4.69) is 43.5 Å². The Kier molecular flexibility index (Phi) is 55.0. The van der Waals surface area contributed by atoms with Gasteiger partial charge in [0.25, 0.3) is 0 Å². The topological polar surface area (TPSA) is 95.9 Å². The average molecular weight is 943 g/mol. The first-order valence-corrected chi connectivity index (χ1v) is 29.8. The molecule has 0 saturated carbocycles. The Labute approximate surface area is 417 Å². The molecule has 0 fully saturated rings. The summed E-state index contributed by atoms with van der Waals surface area (Å²) in [5.41, 5.74) is 0. The summed E-state index contributed by atoms with van der Waals surface area (Å²) in [5, 5.41) is 23.1. The minimum atomic E-state index is -0.859. The van der Waals surface area contributed by atoms with E-state index in [0.717, 1.165) is 77.0 Å². The Hall–Kier alpha value is -1.92. The lowest BCUT2D eigenvalue weighted by Crippen LogP contribution is -2.45. The molecule has 2 atom stereocenters. The first-order chi connectivity index (χ1) is 33.0. The number of nitrogens with one attached hydrogen (secondary N) is 1. The predicted molar refractivity (Wildman–Crippen MR) is 292 cm³/mol. The van der Waals surface area contributed by atoms with Gasteiger partial charge >= 0.3 is 5.97 Å². The van der Waals surface area contributed by atoms with E-state index in [1.807, 2.05) is 6.08 Å². The maximum Gasteiger partial charge on any atom is 0.305 e. The quantitative estimate of drug-likeness (QED) is 0.0244. The summed E-state index contributed by atoms with van der Waals surface area (Å²) < 4.78 is 5.46. The van der Waals surface area contributed by atoms with Crippen LogP contribution in [-0.4, -0.2) is 47.4 Å². The molecule has 2 unspecified atom stereocenters. The molecule has 0 spiro atoms. The van der Waals surface area contributed by atoms with Crippen LogP contribution in [0.4, 0.5) is 0 Å². The van der Waals surface area contributed by atoms with Crippen molar-refractivity contribution in [2.24, 2.45) is 0 Å². The molecule has 1 amide bonds. The molecule has 3 N–H and O–H groups in total. The van der Waals surface area contributed by atoms with Gasteiger partial charge in [0.05, 0.1) is 25.4 Å². The Morgan fingerprint density at radius 3 is 1.10 bits per heavy atom. The van der Waals surface area contributed by atoms with Crippen LogP contribution in [0.2, 0.25) is 0 Å². The van der Waals surface area contributed by atoms with Gasteiger partial charge in [-0.1, -0.05) is 275 Å². The van der Waals surface area contributed by atoms with Gasteiger partial charge in [-0.2, -0.15) is 0 Å². The van der Waals surface area contributed by atoms with Gasteiger partial charge < -0.3 is 20.3 Å². The van der Waals surface area contributed by atoms with E-state index < -0.39 is 12.1 Å². The molecule has 0 aliphatic heterocycles. The molecule has 6 heteroatoms. The highest BCUT2D eigenvalue weighted by atomic mass is 16.5. The molecule has 0 aliphatic carbocycles. The minimum absolute atomic E-state index is 0.0188. The lowest BCUT2D eigenvalue weighted by atomic mass is 10.0. The number of allylic oxidation sites excluding steroid dienone is 5. The summed E-state index contributed by atoms with van der Waals surface area (Å²) in [7, 11) is 0. The highest BCUT2D eigenvalue weighted by molar-refractivity contribution is 5.76. The first-order valence-electron chi connectivity index (χ1n) is 29.8. The highest BCUT2D eigenvalue weighted by Crippen LogP contribution is 2.17. The summed E-state index contributed by atoms with van der Waals surface area (Å²) in [4.78, 5) is 24.5. The van der Waals surface area contributed by atoms with Gasteiger partial charge in [-0.25, -0.2) is 0 Å². The summed E-state index contributed by atoms with van der Waals surface area (Å²) >= 11 is 0. The predicted octanol–water partition coefficient (Wildman–Crippen LogP) is 18.4. The fourth-order valence-corrected chi connectivity index (χ4v) is 9.10. The Balaban J connectivity index is 3.53. The lowest BCUT2D eigenvalue weighted by molar-refractivity contribution is -0.143. The zero-order valence-corrected chi connectivity index (χ0v) is 44.9. The van der Waals surface area contributed by atoms with E-state index >= 15 is 0 Å². The number of ether oxygens (including phenoxy) is 1. The molecule has 0 aromatic rings. The van der Waals surface area contributed by atoms with Crippen molar-refractivity contribution in [1.82, 2.24) is 5.32 Å². The van der Waals surface area contributed by atoms with Gasteiger partial charge in [0.15, 0.2) is 0 Å². The fraction of sp³-hybridized carbons (Fsp3) is 0.869. The van der Waals surface area contributed by atoms with Crippen LogP contribution >= 0.6 is 0 Å². The van der Waals surface area contributed by atoms with Crippen molar-refractivity contribution in [3.63, 3.8) is 0 Å². The molecule has 0 heterocycles. The number of esters is 1. The number of carbonyl (C=O) groups is 2. The van der Waals surface area contributed by atoms with Crippen molar-refractivity contribution in [3.05, 3.63) is 36.5 Å². The van der Waals surface area contributed by atoms with E-state index in [0.29, 0.717) is 19.4 Å². The van der Waals surface area contributed by atoms with Crippen LogP contribution in [-0.2, 0) is 14.3 Å². The summed E-state index contributed by atoms with van der Waals surface area (Å²) in [6, 6.07) is -0.645. The van der Waals surface area contributed by atoms with E-state index in [1.165, 1.54) is 212 Å². The number of hydrogen-bond acceptors (Lipinski definition) is 5. The average Bonchev–Trinajstić information content (AvgIpc) is 3.33. The Bertz CT molecular complexity index is 1090.